The molecule has 1 atom stereocenters. The van der Waals surface area contributed by atoms with Crippen molar-refractivity contribution >= 4 is 30.9 Å². The average molecular weight is 596 g/mol. The van der Waals surface area contributed by atoms with Crippen molar-refractivity contribution in [3.8, 4) is 5.75 Å². The Morgan fingerprint density at radius 1 is 1.26 bits per heavy atom. The Balaban J connectivity index is 0.00000405. The van der Waals surface area contributed by atoms with Crippen molar-refractivity contribution in [3.63, 3.8) is 0 Å². The highest BCUT2D eigenvalue weighted by atomic mass is 32.1. The molecule has 2 N–H and O–H groups in total. The van der Waals surface area contributed by atoms with Crippen LogP contribution < -0.4 is 15.0 Å². The van der Waals surface area contributed by atoms with E-state index < -0.39 is 6.10 Å². The average Bonchev–Trinajstić information content (AvgIpc) is 3.36. The standard InChI is InChI=1S/C32H43N5O4.H2S/c1-4-13-36(3)32-17-25(16-31(35-32)34-26-6-5-7-26)29(39)11-9-27(38)19-37-14-12-23-15-28(10-8-24(23)18-37)40-20-30-22(2)33-21-41-30;/h8,10,15-17,21,26-27,38H,4-7,9,11-14,18-20H2,1-3H3,(H,34,35);1H2/t27-;/m0./s1. The number of nitrogens with zero attached hydrogens (tertiary/aromatic N) is 4. The number of aryl methyl sites for hydroxylation is 1. The molecule has 3 heterocycles. The molecular weight excluding hydrogens is 550 g/mol. The summed E-state index contributed by atoms with van der Waals surface area (Å²) >= 11 is 0. The fraction of sp³-hybridized carbons (Fsp3) is 0.531. The van der Waals surface area contributed by atoms with Crippen LogP contribution in [0.2, 0.25) is 0 Å². The smallest absolute Gasteiger partial charge is 0.181 e. The second-order valence-corrected chi connectivity index (χ2v) is 11.5. The maximum absolute atomic E-state index is 13.2. The number of anilines is 2. The first-order chi connectivity index (χ1) is 19.9. The topological polar surface area (TPSA) is 104 Å². The van der Waals surface area contributed by atoms with Crippen molar-refractivity contribution in [2.45, 2.75) is 84.1 Å². The summed E-state index contributed by atoms with van der Waals surface area (Å²) < 4.78 is 11.3. The Morgan fingerprint density at radius 2 is 2.10 bits per heavy atom. The van der Waals surface area contributed by atoms with E-state index in [4.69, 9.17) is 14.1 Å². The third kappa shape index (κ3) is 8.26. The molecule has 2 aliphatic rings. The van der Waals surface area contributed by atoms with E-state index in [1.807, 2.05) is 32.2 Å². The minimum absolute atomic E-state index is 0. The van der Waals surface area contributed by atoms with Gasteiger partial charge >= 0.3 is 0 Å². The third-order valence-corrected chi connectivity index (χ3v) is 8.20. The Kier molecular flexibility index (Phi) is 11.3. The van der Waals surface area contributed by atoms with Crippen molar-refractivity contribution in [1.82, 2.24) is 14.9 Å². The first-order valence-electron chi connectivity index (χ1n) is 14.9. The number of benzene rings is 1. The number of β-amino-alcohol motifs (C(OH)–C–C–N with tert-alkyl or cyclic N) is 1. The summed E-state index contributed by atoms with van der Waals surface area (Å²) in [7, 11) is 2.01. The van der Waals surface area contributed by atoms with Crippen LogP contribution in [0.5, 0.6) is 5.75 Å². The number of carbonyl (C=O) groups excluding carboxylic acids is 1. The monoisotopic (exact) mass is 595 g/mol. The minimum Gasteiger partial charge on any atom is -0.486 e. The van der Waals surface area contributed by atoms with Gasteiger partial charge in [-0.15, -0.1) is 0 Å². The lowest BCUT2D eigenvalue weighted by Crippen LogP contribution is -2.36. The van der Waals surface area contributed by atoms with E-state index in [9.17, 15) is 9.90 Å². The van der Waals surface area contributed by atoms with Crippen LogP contribution in [0.4, 0.5) is 11.6 Å². The van der Waals surface area contributed by atoms with Crippen LogP contribution in [0.15, 0.2) is 41.1 Å². The number of aliphatic hydroxyl groups is 1. The van der Waals surface area contributed by atoms with Crippen LogP contribution in [0.1, 0.15) is 78.4 Å². The zero-order chi connectivity index (χ0) is 28.8. The fourth-order valence-electron chi connectivity index (χ4n) is 5.44. The van der Waals surface area contributed by atoms with Gasteiger partial charge in [-0.2, -0.15) is 13.5 Å². The van der Waals surface area contributed by atoms with Gasteiger partial charge in [0.1, 0.15) is 24.0 Å². The molecule has 1 fully saturated rings. The number of oxazole rings is 1. The second-order valence-electron chi connectivity index (χ2n) is 11.5. The lowest BCUT2D eigenvalue weighted by molar-refractivity contribution is 0.0836. The number of ether oxygens (including phenoxy) is 1. The molecule has 9 nitrogen and oxygen atoms in total. The zero-order valence-electron chi connectivity index (χ0n) is 25.1. The van der Waals surface area contributed by atoms with Crippen molar-refractivity contribution < 1.29 is 19.1 Å². The lowest BCUT2D eigenvalue weighted by atomic mass is 9.93. The van der Waals surface area contributed by atoms with Gasteiger partial charge in [-0.05, 0) is 80.8 Å². The Labute approximate surface area is 256 Å². The van der Waals surface area contributed by atoms with Crippen LogP contribution in [0.25, 0.3) is 0 Å². The molecule has 228 valence electrons. The van der Waals surface area contributed by atoms with Gasteiger partial charge in [0, 0.05) is 51.3 Å². The van der Waals surface area contributed by atoms with E-state index in [2.05, 4.69) is 39.2 Å². The highest BCUT2D eigenvalue weighted by Crippen LogP contribution is 2.27. The molecule has 0 spiro atoms. The molecule has 0 bridgehead atoms. The van der Waals surface area contributed by atoms with Gasteiger partial charge in [0.15, 0.2) is 17.9 Å². The van der Waals surface area contributed by atoms with Gasteiger partial charge in [0.05, 0.1) is 11.8 Å². The highest BCUT2D eigenvalue weighted by molar-refractivity contribution is 7.59. The lowest BCUT2D eigenvalue weighted by Gasteiger charge is -2.30. The number of hydrogen-bond acceptors (Lipinski definition) is 9. The molecule has 3 aromatic rings. The molecule has 2 aromatic heterocycles. The maximum Gasteiger partial charge on any atom is 0.181 e. The van der Waals surface area contributed by atoms with Crippen molar-refractivity contribution in [1.29, 1.82) is 0 Å². The van der Waals surface area contributed by atoms with E-state index in [-0.39, 0.29) is 19.3 Å². The molecule has 0 radical (unpaired) electrons. The van der Waals surface area contributed by atoms with Crippen molar-refractivity contribution in [3.05, 3.63) is 64.9 Å². The number of nitrogens with one attached hydrogen (secondary N) is 1. The van der Waals surface area contributed by atoms with Crippen molar-refractivity contribution in [2.24, 2.45) is 0 Å². The van der Waals surface area contributed by atoms with Crippen LogP contribution in [-0.2, 0) is 19.6 Å². The van der Waals surface area contributed by atoms with Crippen LogP contribution in [-0.4, -0.2) is 64.6 Å². The summed E-state index contributed by atoms with van der Waals surface area (Å²) in [6, 6.07) is 10.4. The largest absolute Gasteiger partial charge is 0.486 e. The Bertz CT molecular complexity index is 1330. The summed E-state index contributed by atoms with van der Waals surface area (Å²) in [6.07, 6.45) is 7.03. The van der Waals surface area contributed by atoms with Gasteiger partial charge in [0.25, 0.3) is 0 Å². The Hall–Kier alpha value is -3.08. The predicted molar refractivity (Wildman–Crippen MR) is 170 cm³/mol. The molecule has 5 rings (SSSR count). The van der Waals surface area contributed by atoms with Gasteiger partial charge in [-0.25, -0.2) is 9.97 Å². The molecule has 0 unspecified atom stereocenters. The number of pyridine rings is 1. The van der Waals surface area contributed by atoms with Crippen LogP contribution >= 0.6 is 13.5 Å². The molecule has 1 saturated carbocycles. The first kappa shape index (κ1) is 31.8. The van der Waals surface area contributed by atoms with Gasteiger partial charge < -0.3 is 24.5 Å². The van der Waals surface area contributed by atoms with Crippen LogP contribution in [0, 0.1) is 6.92 Å². The molecular formula is C32H45N5O4S. The van der Waals surface area contributed by atoms with E-state index >= 15 is 0 Å². The number of aromatic nitrogens is 2. The first-order valence-corrected chi connectivity index (χ1v) is 14.9. The zero-order valence-corrected chi connectivity index (χ0v) is 26.1. The highest BCUT2D eigenvalue weighted by Gasteiger charge is 2.22. The number of hydrogen-bond donors (Lipinski definition) is 2. The van der Waals surface area contributed by atoms with Crippen LogP contribution in [0.3, 0.4) is 0 Å². The molecule has 1 aliphatic carbocycles. The molecule has 1 aromatic carbocycles. The maximum atomic E-state index is 13.2. The SMILES string of the molecule is CCCN(C)c1cc(C(=O)CC[C@H](O)CN2CCc3cc(OCc4ocnc4C)ccc3C2)cc(NC2CCC2)n1.S. The predicted octanol–water partition coefficient (Wildman–Crippen LogP) is 5.26. The van der Waals surface area contributed by atoms with Gasteiger partial charge in [-0.3, -0.25) is 9.69 Å². The normalized spacial score (nSPS) is 15.7. The number of carbonyl (C=O) groups is 1. The molecule has 10 heteroatoms. The quantitative estimate of drug-likeness (QED) is 0.242. The van der Waals surface area contributed by atoms with E-state index in [1.165, 1.54) is 23.9 Å². The van der Waals surface area contributed by atoms with E-state index in [1.54, 1.807) is 0 Å². The number of aliphatic hydroxyl groups excluding tert-OH is 1. The summed E-state index contributed by atoms with van der Waals surface area (Å²) in [5.74, 6) is 3.19. The molecule has 0 amide bonds. The minimum atomic E-state index is -0.565. The molecule has 1 aliphatic heterocycles. The number of fused-ring (bicyclic) bond motifs is 1. The summed E-state index contributed by atoms with van der Waals surface area (Å²) in [4.78, 5) is 26.5. The van der Waals surface area contributed by atoms with Gasteiger partial charge in [-0.1, -0.05) is 13.0 Å². The van der Waals surface area contributed by atoms with Gasteiger partial charge in [0.2, 0.25) is 0 Å². The van der Waals surface area contributed by atoms with E-state index in [0.717, 1.165) is 74.2 Å². The fourth-order valence-corrected chi connectivity index (χ4v) is 5.44. The molecule has 0 saturated heterocycles. The number of Topliss-reactive ketones (excluding diaryl/α,β-unsaturated/α-hetero) is 1. The molecule has 42 heavy (non-hydrogen) atoms. The summed E-state index contributed by atoms with van der Waals surface area (Å²) in [5.41, 5.74) is 4.02. The number of ketones is 1. The van der Waals surface area contributed by atoms with E-state index in [0.29, 0.717) is 37.6 Å². The summed E-state index contributed by atoms with van der Waals surface area (Å²) in [5, 5.41) is 14.3. The number of rotatable bonds is 14. The second kappa shape index (κ2) is 14.9. The third-order valence-electron chi connectivity index (χ3n) is 8.20. The van der Waals surface area contributed by atoms with Crippen molar-refractivity contribution in [2.75, 3.05) is 36.9 Å². The summed E-state index contributed by atoms with van der Waals surface area (Å²) in [6.45, 7) is 7.45. The Morgan fingerprint density at radius 3 is 2.81 bits per heavy atom.